The summed E-state index contributed by atoms with van der Waals surface area (Å²) >= 11 is 0.747. The van der Waals surface area contributed by atoms with Gasteiger partial charge in [-0.3, -0.25) is 29.4 Å². The number of hydrogen-bond donors (Lipinski definition) is 2. The first-order valence-corrected chi connectivity index (χ1v) is 12.3. The van der Waals surface area contributed by atoms with Gasteiger partial charge >= 0.3 is 0 Å². The summed E-state index contributed by atoms with van der Waals surface area (Å²) in [6.07, 6.45) is 7.04. The van der Waals surface area contributed by atoms with E-state index in [0.29, 0.717) is 16.9 Å². The zero-order valence-electron chi connectivity index (χ0n) is 19.6. The number of nitro groups is 1. The van der Waals surface area contributed by atoms with Crippen LogP contribution in [0.1, 0.15) is 49.1 Å². The first-order valence-electron chi connectivity index (χ1n) is 11.4. The average Bonchev–Trinajstić information content (AvgIpc) is 3.23. The van der Waals surface area contributed by atoms with Crippen molar-refractivity contribution in [2.24, 2.45) is 5.73 Å². The third-order valence-electron chi connectivity index (χ3n) is 6.35. The van der Waals surface area contributed by atoms with Gasteiger partial charge in [0.05, 0.1) is 15.5 Å². The molecule has 0 radical (unpaired) electrons. The maximum absolute atomic E-state index is 12.6. The van der Waals surface area contributed by atoms with Crippen LogP contribution in [0.5, 0.6) is 0 Å². The third kappa shape index (κ3) is 5.09. The molecule has 1 saturated carbocycles. The third-order valence-corrected chi connectivity index (χ3v) is 7.25. The number of carbonyl (C=O) groups excluding carboxylic acids is 3. The summed E-state index contributed by atoms with van der Waals surface area (Å²) in [5.41, 5.74) is 8.54. The summed E-state index contributed by atoms with van der Waals surface area (Å²) in [6.45, 7) is 3.24. The SMILES string of the molecule is Cc1cc(/C=C2\SC(=O)N(CC(N)=O)C2=O)c(C)n1-c1ccc(NC2CCCCC2)c([N+](=O)[O-])c1. The molecule has 0 unspecified atom stereocenters. The van der Waals surface area contributed by atoms with E-state index in [9.17, 15) is 24.5 Å². The summed E-state index contributed by atoms with van der Waals surface area (Å²) in [4.78, 5) is 48.4. The largest absolute Gasteiger partial charge is 0.377 e. The lowest BCUT2D eigenvalue weighted by molar-refractivity contribution is -0.384. The van der Waals surface area contributed by atoms with Crippen LogP contribution in [0.4, 0.5) is 16.2 Å². The molecule has 10 nitrogen and oxygen atoms in total. The van der Waals surface area contributed by atoms with Gasteiger partial charge in [-0.15, -0.1) is 0 Å². The van der Waals surface area contributed by atoms with Gasteiger partial charge < -0.3 is 15.6 Å². The van der Waals surface area contributed by atoms with Crippen LogP contribution in [0.3, 0.4) is 0 Å². The van der Waals surface area contributed by atoms with Gasteiger partial charge in [0, 0.05) is 23.5 Å². The fourth-order valence-corrected chi connectivity index (χ4v) is 5.49. The van der Waals surface area contributed by atoms with Gasteiger partial charge in [0.2, 0.25) is 5.91 Å². The van der Waals surface area contributed by atoms with Crippen LogP contribution in [0.25, 0.3) is 11.8 Å². The lowest BCUT2D eigenvalue weighted by Crippen LogP contribution is -2.36. The lowest BCUT2D eigenvalue weighted by atomic mass is 9.95. The summed E-state index contributed by atoms with van der Waals surface area (Å²) in [7, 11) is 0. The molecule has 2 aliphatic rings. The first-order chi connectivity index (χ1) is 16.7. The molecule has 1 aliphatic carbocycles. The molecule has 0 atom stereocenters. The van der Waals surface area contributed by atoms with Crippen molar-refractivity contribution in [2.45, 2.75) is 52.0 Å². The van der Waals surface area contributed by atoms with Crippen LogP contribution in [0, 0.1) is 24.0 Å². The Labute approximate surface area is 206 Å². The summed E-state index contributed by atoms with van der Waals surface area (Å²) in [6, 6.07) is 7.21. The average molecular weight is 498 g/mol. The Morgan fingerprint density at radius 2 is 1.94 bits per heavy atom. The van der Waals surface area contributed by atoms with Gasteiger partial charge in [-0.1, -0.05) is 19.3 Å². The molecule has 184 valence electrons. The monoisotopic (exact) mass is 497 g/mol. The van der Waals surface area contributed by atoms with Crippen molar-refractivity contribution in [2.75, 3.05) is 11.9 Å². The van der Waals surface area contributed by atoms with E-state index in [-0.39, 0.29) is 21.6 Å². The van der Waals surface area contributed by atoms with E-state index in [1.165, 1.54) is 6.42 Å². The van der Waals surface area contributed by atoms with Gasteiger partial charge in [0.15, 0.2) is 0 Å². The molecule has 0 spiro atoms. The molecule has 1 aromatic heterocycles. The van der Waals surface area contributed by atoms with Crippen LogP contribution in [0.2, 0.25) is 0 Å². The van der Waals surface area contributed by atoms with E-state index < -0.39 is 23.6 Å². The minimum atomic E-state index is -0.769. The predicted molar refractivity (Wildman–Crippen MR) is 134 cm³/mol. The van der Waals surface area contributed by atoms with Gasteiger partial charge in [-0.2, -0.15) is 0 Å². The molecule has 2 heterocycles. The normalized spacial score (nSPS) is 17.9. The number of imide groups is 1. The fourth-order valence-electron chi connectivity index (χ4n) is 4.66. The first kappa shape index (κ1) is 24.5. The van der Waals surface area contributed by atoms with E-state index in [4.69, 9.17) is 5.73 Å². The van der Waals surface area contributed by atoms with Crippen LogP contribution in [-0.4, -0.2) is 44.0 Å². The highest BCUT2D eigenvalue weighted by molar-refractivity contribution is 8.18. The molecule has 2 aromatic rings. The van der Waals surface area contributed by atoms with E-state index in [0.717, 1.165) is 53.7 Å². The Morgan fingerprint density at radius 3 is 2.60 bits per heavy atom. The van der Waals surface area contributed by atoms with Crippen molar-refractivity contribution in [3.8, 4) is 5.69 Å². The van der Waals surface area contributed by atoms with Crippen molar-refractivity contribution >= 4 is 46.3 Å². The highest BCUT2D eigenvalue weighted by Crippen LogP contribution is 2.35. The number of carbonyl (C=O) groups is 3. The number of amides is 3. The Bertz CT molecular complexity index is 1250. The lowest BCUT2D eigenvalue weighted by Gasteiger charge is -2.24. The smallest absolute Gasteiger partial charge is 0.294 e. The molecule has 4 rings (SSSR count). The molecular formula is C24H27N5O5S. The number of benzene rings is 1. The number of nitro benzene ring substituents is 1. The Hall–Kier alpha value is -3.60. The second-order valence-corrected chi connectivity index (χ2v) is 9.83. The van der Waals surface area contributed by atoms with E-state index in [2.05, 4.69) is 5.32 Å². The number of hydrogen-bond acceptors (Lipinski definition) is 7. The standard InChI is InChI=1S/C24H27N5O5S/c1-14-10-16(11-21-23(31)27(13-22(25)30)24(32)35-21)15(2)28(14)18-8-9-19(20(12-18)29(33)34)26-17-6-4-3-5-7-17/h8-12,17,26H,3-7,13H2,1-2H3,(H2,25,30)/b21-11-. The Kier molecular flexibility index (Phi) is 6.97. The van der Waals surface area contributed by atoms with Gasteiger partial charge in [0.25, 0.3) is 16.8 Å². The molecule has 1 aliphatic heterocycles. The number of nitrogens with two attached hydrogens (primary N) is 1. The topological polar surface area (TPSA) is 141 Å². The zero-order valence-corrected chi connectivity index (χ0v) is 20.4. The van der Waals surface area contributed by atoms with Crippen molar-refractivity contribution in [3.05, 3.63) is 56.2 Å². The second-order valence-electron chi connectivity index (χ2n) is 8.83. The van der Waals surface area contributed by atoms with Crippen molar-refractivity contribution in [1.82, 2.24) is 9.47 Å². The number of primary amides is 1. The van der Waals surface area contributed by atoms with Crippen molar-refractivity contribution < 1.29 is 19.3 Å². The maximum Gasteiger partial charge on any atom is 0.294 e. The molecule has 35 heavy (non-hydrogen) atoms. The van der Waals surface area contributed by atoms with Crippen LogP contribution in [-0.2, 0) is 9.59 Å². The van der Waals surface area contributed by atoms with Crippen molar-refractivity contribution in [1.29, 1.82) is 0 Å². The fraction of sp³-hybridized carbons (Fsp3) is 0.375. The molecule has 1 saturated heterocycles. The zero-order chi connectivity index (χ0) is 25.3. The molecule has 0 bridgehead atoms. The number of rotatable bonds is 7. The van der Waals surface area contributed by atoms with Crippen LogP contribution < -0.4 is 11.1 Å². The van der Waals surface area contributed by atoms with Crippen LogP contribution >= 0.6 is 11.8 Å². The maximum atomic E-state index is 12.6. The number of nitrogens with zero attached hydrogens (tertiary/aromatic N) is 3. The van der Waals surface area contributed by atoms with Gasteiger partial charge in [-0.25, -0.2) is 0 Å². The van der Waals surface area contributed by atoms with E-state index in [1.54, 1.807) is 18.2 Å². The molecule has 2 fully saturated rings. The Morgan fingerprint density at radius 1 is 1.23 bits per heavy atom. The number of anilines is 1. The summed E-state index contributed by atoms with van der Waals surface area (Å²) in [5.74, 6) is -1.34. The van der Waals surface area contributed by atoms with E-state index in [1.807, 2.05) is 30.5 Å². The van der Waals surface area contributed by atoms with Crippen LogP contribution in [0.15, 0.2) is 29.2 Å². The molecule has 1 aromatic carbocycles. The minimum Gasteiger partial charge on any atom is -0.377 e. The summed E-state index contributed by atoms with van der Waals surface area (Å²) < 4.78 is 1.87. The van der Waals surface area contributed by atoms with Gasteiger partial charge in [-0.05, 0) is 68.3 Å². The number of aryl methyl sites for hydroxylation is 1. The van der Waals surface area contributed by atoms with E-state index >= 15 is 0 Å². The van der Waals surface area contributed by atoms with Crippen molar-refractivity contribution in [3.63, 3.8) is 0 Å². The number of aromatic nitrogens is 1. The predicted octanol–water partition coefficient (Wildman–Crippen LogP) is 4.27. The molecule has 3 N–H and O–H groups in total. The quantitative estimate of drug-likeness (QED) is 0.331. The van der Waals surface area contributed by atoms with Gasteiger partial charge in [0.1, 0.15) is 12.2 Å². The summed E-state index contributed by atoms with van der Waals surface area (Å²) in [5, 5.41) is 14.7. The highest BCUT2D eigenvalue weighted by atomic mass is 32.2. The molecular weight excluding hydrogens is 470 g/mol. The Balaban J connectivity index is 1.65. The molecule has 11 heteroatoms. The minimum absolute atomic E-state index is 0.00898. The molecule has 3 amide bonds. The second kappa shape index (κ2) is 9.95. The highest BCUT2D eigenvalue weighted by Gasteiger charge is 2.36. The number of nitrogens with one attached hydrogen (secondary N) is 1. The number of thioether (sulfide) groups is 1.